The number of carboxylic acids is 1. The molecule has 0 fully saturated rings. The summed E-state index contributed by atoms with van der Waals surface area (Å²) in [6.45, 7) is 14.1. The molecule has 0 aliphatic heterocycles. The number of hydrogen-bond donors (Lipinski definition) is 3. The van der Waals surface area contributed by atoms with E-state index in [0.717, 1.165) is 37.3 Å². The Morgan fingerprint density at radius 2 is 1.75 bits per heavy atom. The van der Waals surface area contributed by atoms with Crippen LogP contribution >= 0.6 is 0 Å². The Morgan fingerprint density at radius 3 is 2.28 bits per heavy atom. The van der Waals surface area contributed by atoms with Crippen molar-refractivity contribution in [2.24, 2.45) is 5.41 Å². The Labute approximate surface area is 192 Å². The Balaban J connectivity index is 4.78. The lowest BCUT2D eigenvalue weighted by Crippen LogP contribution is -2.44. The molecular formula is C24H37NO6S. The number of amides is 1. The van der Waals surface area contributed by atoms with Crippen LogP contribution in [0.1, 0.15) is 60.3 Å². The highest BCUT2D eigenvalue weighted by atomic mass is 32.2. The van der Waals surface area contributed by atoms with Gasteiger partial charge in [-0.05, 0) is 57.4 Å². The fraction of sp³-hybridized carbons (Fsp3) is 0.500. The monoisotopic (exact) mass is 467 g/mol. The van der Waals surface area contributed by atoms with Gasteiger partial charge >= 0.3 is 5.97 Å². The van der Waals surface area contributed by atoms with E-state index in [4.69, 9.17) is 9.66 Å². The number of carbonyl (C=O) groups excluding carboxylic acids is 1. The van der Waals surface area contributed by atoms with Crippen molar-refractivity contribution in [1.82, 2.24) is 5.32 Å². The zero-order chi connectivity index (χ0) is 24.9. The minimum atomic E-state index is -4.54. The van der Waals surface area contributed by atoms with Crippen molar-refractivity contribution < 1.29 is 27.7 Å². The van der Waals surface area contributed by atoms with Gasteiger partial charge in [0.15, 0.2) is 0 Å². The largest absolute Gasteiger partial charge is 0.480 e. The lowest BCUT2D eigenvalue weighted by molar-refractivity contribution is -0.140. The van der Waals surface area contributed by atoms with Crippen LogP contribution < -0.4 is 5.32 Å². The van der Waals surface area contributed by atoms with Gasteiger partial charge in [-0.25, -0.2) is 4.79 Å². The lowest BCUT2D eigenvalue weighted by atomic mass is 9.83. The van der Waals surface area contributed by atoms with Gasteiger partial charge < -0.3 is 10.4 Å². The molecule has 0 saturated carbocycles. The second-order valence-electron chi connectivity index (χ2n) is 8.89. The second kappa shape index (κ2) is 13.9. The predicted octanol–water partition coefficient (Wildman–Crippen LogP) is 4.61. The summed E-state index contributed by atoms with van der Waals surface area (Å²) in [5.41, 5.74) is 3.02. The molecule has 1 atom stereocenters. The maximum atomic E-state index is 11.9. The first kappa shape index (κ1) is 29.5. The molecule has 0 aliphatic carbocycles. The molecule has 3 N–H and O–H groups in total. The molecule has 0 heterocycles. The van der Waals surface area contributed by atoms with E-state index in [1.807, 2.05) is 24.4 Å². The first-order valence-corrected chi connectivity index (χ1v) is 12.0. The number of nitrogens with one attached hydrogen (secondary N) is 1. The van der Waals surface area contributed by atoms with E-state index in [9.17, 15) is 18.0 Å². The Bertz CT molecular complexity index is 891. The van der Waals surface area contributed by atoms with E-state index in [0.29, 0.717) is 5.57 Å². The molecule has 32 heavy (non-hydrogen) atoms. The van der Waals surface area contributed by atoms with Crippen LogP contribution in [0.2, 0.25) is 0 Å². The number of carbonyl (C=O) groups is 2. The molecule has 0 bridgehead atoms. The third-order valence-corrected chi connectivity index (χ3v) is 5.33. The first-order chi connectivity index (χ1) is 14.6. The van der Waals surface area contributed by atoms with Crippen molar-refractivity contribution in [3.05, 3.63) is 59.8 Å². The van der Waals surface area contributed by atoms with E-state index in [-0.39, 0.29) is 5.41 Å². The average molecular weight is 468 g/mol. The highest BCUT2D eigenvalue weighted by Crippen LogP contribution is 2.28. The van der Waals surface area contributed by atoms with Crippen LogP contribution in [0.3, 0.4) is 0 Å². The number of hydrogen-bond acceptors (Lipinski definition) is 4. The molecule has 180 valence electrons. The highest BCUT2D eigenvalue weighted by molar-refractivity contribution is 7.85. The Morgan fingerprint density at radius 1 is 1.12 bits per heavy atom. The van der Waals surface area contributed by atoms with E-state index in [1.54, 1.807) is 19.1 Å². The summed E-state index contributed by atoms with van der Waals surface area (Å²) in [5, 5.41) is 11.0. The van der Waals surface area contributed by atoms with Crippen molar-refractivity contribution >= 4 is 22.0 Å². The number of rotatable bonds is 14. The van der Waals surface area contributed by atoms with E-state index in [1.165, 1.54) is 5.57 Å². The zero-order valence-corrected chi connectivity index (χ0v) is 20.5. The molecule has 0 aromatic rings. The molecule has 0 spiro atoms. The maximum absolute atomic E-state index is 11.9. The van der Waals surface area contributed by atoms with Gasteiger partial charge in [0.1, 0.15) is 11.8 Å². The summed E-state index contributed by atoms with van der Waals surface area (Å²) >= 11 is 0. The van der Waals surface area contributed by atoms with Crippen LogP contribution in [0.5, 0.6) is 0 Å². The lowest BCUT2D eigenvalue weighted by Gasteiger charge is -2.22. The Hall–Kier alpha value is -2.45. The van der Waals surface area contributed by atoms with Gasteiger partial charge in [-0.2, -0.15) is 8.42 Å². The van der Waals surface area contributed by atoms with Crippen LogP contribution in [0.4, 0.5) is 0 Å². The van der Waals surface area contributed by atoms with Crippen LogP contribution in [0.25, 0.3) is 0 Å². The highest BCUT2D eigenvalue weighted by Gasteiger charge is 2.25. The summed E-state index contributed by atoms with van der Waals surface area (Å²) in [4.78, 5) is 22.9. The van der Waals surface area contributed by atoms with E-state index >= 15 is 0 Å². The minimum absolute atomic E-state index is 0.220. The third kappa shape index (κ3) is 16.3. The van der Waals surface area contributed by atoms with Gasteiger partial charge in [0.05, 0.1) is 0 Å². The van der Waals surface area contributed by atoms with E-state index < -0.39 is 33.8 Å². The van der Waals surface area contributed by atoms with Gasteiger partial charge in [0, 0.05) is 6.08 Å². The molecular weight excluding hydrogens is 430 g/mol. The number of aliphatic carboxylic acids is 1. The summed E-state index contributed by atoms with van der Waals surface area (Å²) in [7, 11) is -4.54. The molecule has 7 nitrogen and oxygen atoms in total. The zero-order valence-electron chi connectivity index (χ0n) is 19.7. The molecule has 8 heteroatoms. The Kier molecular flexibility index (Phi) is 12.8. The van der Waals surface area contributed by atoms with Crippen molar-refractivity contribution in [3.8, 4) is 0 Å². The summed E-state index contributed by atoms with van der Waals surface area (Å²) in [5.74, 6) is -3.42. The van der Waals surface area contributed by atoms with Gasteiger partial charge in [-0.15, -0.1) is 6.58 Å². The van der Waals surface area contributed by atoms with Gasteiger partial charge in [0.25, 0.3) is 10.1 Å². The maximum Gasteiger partial charge on any atom is 0.327 e. The van der Waals surface area contributed by atoms with Crippen molar-refractivity contribution in [2.45, 2.75) is 66.3 Å². The second-order valence-corrected chi connectivity index (χ2v) is 10.4. The quantitative estimate of drug-likeness (QED) is 0.148. The van der Waals surface area contributed by atoms with Gasteiger partial charge in [-0.1, -0.05) is 55.4 Å². The predicted molar refractivity (Wildman–Crippen MR) is 129 cm³/mol. The van der Waals surface area contributed by atoms with Gasteiger partial charge in [-0.3, -0.25) is 9.35 Å². The molecule has 0 unspecified atom stereocenters. The molecule has 1 amide bonds. The standard InChI is InChI=1S/C24H37NO6S/c1-18(2)10-8-14-24(5,6)15-9-13-19(3)11-7-12-20(4)16-22(26)25-21(23(27)28)17-32(29,30)31/h7,9,11-13,16,21H,1,8,10,14-15,17H2,2-6H3,(H,25,26)(H,27,28)(H,29,30,31)/b12-7+,13-9+,19-11+,20-16+/t21-/m0/s1. The average Bonchev–Trinajstić information content (AvgIpc) is 2.58. The molecule has 0 rings (SSSR count). The molecule has 0 aromatic carbocycles. The van der Waals surface area contributed by atoms with Crippen molar-refractivity contribution in [3.63, 3.8) is 0 Å². The summed E-state index contributed by atoms with van der Waals surface area (Å²) in [6, 6.07) is -1.73. The van der Waals surface area contributed by atoms with Crippen molar-refractivity contribution in [2.75, 3.05) is 5.75 Å². The third-order valence-electron chi connectivity index (χ3n) is 4.58. The normalized spacial score (nSPS) is 14.7. The molecule has 0 radical (unpaired) electrons. The molecule has 0 aromatic heterocycles. The van der Waals surface area contributed by atoms with Gasteiger partial charge in [0.2, 0.25) is 5.91 Å². The SMILES string of the molecule is C=C(C)CCCC(C)(C)C/C=C/C(C)=C/C=C/C(C)=C/C(=O)N[C@@H](CS(=O)(=O)O)C(=O)O. The fourth-order valence-electron chi connectivity index (χ4n) is 2.80. The summed E-state index contributed by atoms with van der Waals surface area (Å²) in [6.07, 6.45) is 15.0. The number of allylic oxidation sites excluding steroid dienone is 8. The molecule has 0 saturated heterocycles. The molecule has 0 aliphatic rings. The van der Waals surface area contributed by atoms with Crippen LogP contribution in [0.15, 0.2) is 59.8 Å². The van der Waals surface area contributed by atoms with Crippen molar-refractivity contribution in [1.29, 1.82) is 0 Å². The topological polar surface area (TPSA) is 121 Å². The number of carboxylic acid groups (broad SMARTS) is 1. The van der Waals surface area contributed by atoms with Crippen LogP contribution in [-0.4, -0.2) is 41.7 Å². The fourth-order valence-corrected chi connectivity index (χ4v) is 3.44. The minimum Gasteiger partial charge on any atom is -0.480 e. The smallest absolute Gasteiger partial charge is 0.327 e. The summed E-state index contributed by atoms with van der Waals surface area (Å²) < 4.78 is 30.5. The van der Waals surface area contributed by atoms with Crippen LogP contribution in [-0.2, 0) is 19.7 Å². The first-order valence-electron chi connectivity index (χ1n) is 10.4. The van der Waals surface area contributed by atoms with E-state index in [2.05, 4.69) is 33.4 Å². The van der Waals surface area contributed by atoms with Crippen LogP contribution in [0, 0.1) is 5.41 Å².